The number of benzene rings is 9. The summed E-state index contributed by atoms with van der Waals surface area (Å²) in [7, 11) is -1.18. The summed E-state index contributed by atoms with van der Waals surface area (Å²) in [6.07, 6.45) is 4.94. The first-order chi connectivity index (χ1) is 31.5. The Kier molecular flexibility index (Phi) is 10.1. The molecule has 2 aliphatic heterocycles. The molecule has 0 unspecified atom stereocenters. The summed E-state index contributed by atoms with van der Waals surface area (Å²) in [6.45, 7) is 2.32. The minimum absolute atomic E-state index is 0.0318. The molecule has 9 aromatic rings. The monoisotopic (exact) mass is 844 g/mol. The fraction of sp³-hybridized carbons (Fsp3) is 0.0690. The Morgan fingerprint density at radius 1 is 0.375 bits per heavy atom. The Morgan fingerprint density at radius 3 is 1.03 bits per heavy atom. The van der Waals surface area contributed by atoms with E-state index in [1.54, 1.807) is 0 Å². The van der Waals surface area contributed by atoms with E-state index < -0.39 is 10.0 Å². The largest absolute Gasteiger partial charge is 0.311 e. The fourth-order valence-electron chi connectivity index (χ4n) is 9.62. The molecule has 0 N–H and O–H groups in total. The van der Waals surface area contributed by atoms with Crippen LogP contribution in [0.1, 0.15) is 6.92 Å². The molecule has 310 valence electrons. The molecule has 0 amide bonds. The molecule has 0 saturated carbocycles. The van der Waals surface area contributed by atoms with Gasteiger partial charge in [0.25, 0.3) is 6.71 Å². The first-order valence-electron chi connectivity index (χ1n) is 22.2. The van der Waals surface area contributed by atoms with Crippen LogP contribution in [0.3, 0.4) is 0 Å². The molecule has 0 bridgehead atoms. The Morgan fingerprint density at radius 2 is 0.703 bits per heavy atom. The van der Waals surface area contributed by atoms with Gasteiger partial charge in [-0.2, -0.15) is 0 Å². The maximum atomic E-state index is 2.55. The Bertz CT molecular complexity index is 2800. The van der Waals surface area contributed by atoms with E-state index in [-0.39, 0.29) is 6.71 Å². The first-order valence-corrected chi connectivity index (χ1v) is 24.8. The third kappa shape index (κ3) is 6.82. The third-order valence-corrected chi connectivity index (χ3v) is 15.9. The van der Waals surface area contributed by atoms with Crippen LogP contribution in [0.2, 0.25) is 0 Å². The van der Waals surface area contributed by atoms with Gasteiger partial charge in [0.05, 0.1) is 0 Å². The van der Waals surface area contributed by atoms with Crippen LogP contribution in [0.15, 0.2) is 235 Å². The van der Waals surface area contributed by atoms with Gasteiger partial charge in [-0.3, -0.25) is 0 Å². The molecule has 64 heavy (non-hydrogen) atoms. The molecule has 0 aromatic heterocycles. The van der Waals surface area contributed by atoms with Crippen LogP contribution in [0, 0.1) is 0 Å². The van der Waals surface area contributed by atoms with Gasteiger partial charge in [0.1, 0.15) is 0 Å². The van der Waals surface area contributed by atoms with Crippen molar-refractivity contribution in [3.8, 4) is 0 Å². The van der Waals surface area contributed by atoms with Crippen molar-refractivity contribution in [2.45, 2.75) is 11.8 Å². The maximum absolute atomic E-state index is 2.55. The van der Waals surface area contributed by atoms with Gasteiger partial charge < -0.3 is 19.6 Å². The van der Waals surface area contributed by atoms with Gasteiger partial charge in [-0.15, -0.1) is 0 Å². The van der Waals surface area contributed by atoms with E-state index in [2.05, 4.69) is 270 Å². The van der Waals surface area contributed by atoms with Crippen LogP contribution in [-0.4, -0.2) is 25.0 Å². The molecular weight excluding hydrogens is 796 g/mol. The zero-order valence-electron chi connectivity index (χ0n) is 36.4. The highest BCUT2D eigenvalue weighted by Gasteiger charge is 2.44. The highest BCUT2D eigenvalue weighted by molar-refractivity contribution is 8.32. The second-order valence-corrected chi connectivity index (χ2v) is 21.1. The quantitative estimate of drug-likeness (QED) is 0.127. The molecule has 2 heterocycles. The molecule has 4 nitrogen and oxygen atoms in total. The highest BCUT2D eigenvalue weighted by atomic mass is 32.3. The van der Waals surface area contributed by atoms with Crippen molar-refractivity contribution in [3.63, 3.8) is 0 Å². The molecule has 0 spiro atoms. The highest BCUT2D eigenvalue weighted by Crippen LogP contribution is 2.54. The van der Waals surface area contributed by atoms with Gasteiger partial charge in [0, 0.05) is 68.2 Å². The van der Waals surface area contributed by atoms with Crippen LogP contribution >= 0.6 is 10.0 Å². The van der Waals surface area contributed by atoms with E-state index in [1.165, 1.54) is 44.0 Å². The number of nitrogens with zero attached hydrogens (tertiary/aromatic N) is 4. The van der Waals surface area contributed by atoms with E-state index >= 15 is 0 Å². The minimum atomic E-state index is -1.18. The summed E-state index contributed by atoms with van der Waals surface area (Å²) < 4.78 is 0. The van der Waals surface area contributed by atoms with Crippen LogP contribution in [-0.2, 0) is 0 Å². The van der Waals surface area contributed by atoms with Crippen molar-refractivity contribution in [2.75, 3.05) is 37.9 Å². The van der Waals surface area contributed by atoms with Crippen molar-refractivity contribution in [1.29, 1.82) is 0 Å². The average Bonchev–Trinajstić information content (AvgIpc) is 3.35. The fourth-order valence-corrected chi connectivity index (χ4v) is 10.8. The molecular formula is C58H49BN4S. The van der Waals surface area contributed by atoms with E-state index in [1.807, 2.05) is 0 Å². The van der Waals surface area contributed by atoms with Crippen molar-refractivity contribution in [1.82, 2.24) is 0 Å². The van der Waals surface area contributed by atoms with Crippen LogP contribution in [0.4, 0.5) is 68.2 Å². The van der Waals surface area contributed by atoms with E-state index in [4.69, 9.17) is 0 Å². The van der Waals surface area contributed by atoms with Gasteiger partial charge in [0.15, 0.2) is 0 Å². The van der Waals surface area contributed by atoms with Crippen molar-refractivity contribution in [3.05, 3.63) is 231 Å². The van der Waals surface area contributed by atoms with Crippen LogP contribution in [0.25, 0.3) is 0 Å². The summed E-state index contributed by atoms with van der Waals surface area (Å²) in [4.78, 5) is 11.3. The van der Waals surface area contributed by atoms with Gasteiger partial charge in [-0.25, -0.2) is 10.0 Å². The van der Waals surface area contributed by atoms with E-state index in [0.29, 0.717) is 0 Å². The molecule has 0 saturated heterocycles. The summed E-state index contributed by atoms with van der Waals surface area (Å²) in [5, 5.41) is 0. The molecule has 0 aliphatic carbocycles. The lowest BCUT2D eigenvalue weighted by Gasteiger charge is -2.46. The topological polar surface area (TPSA) is 13.0 Å². The van der Waals surface area contributed by atoms with Crippen molar-refractivity contribution >= 4 is 101 Å². The number of fused-ring (bicyclic) bond motifs is 4. The van der Waals surface area contributed by atoms with E-state index in [9.17, 15) is 0 Å². The summed E-state index contributed by atoms with van der Waals surface area (Å²) >= 11 is 0. The smallest absolute Gasteiger partial charge is 0.252 e. The maximum Gasteiger partial charge on any atom is 0.252 e. The zero-order chi connectivity index (χ0) is 43.2. The normalized spacial score (nSPS) is 12.8. The van der Waals surface area contributed by atoms with Gasteiger partial charge in [-0.05, 0) is 149 Å². The minimum Gasteiger partial charge on any atom is -0.311 e. The predicted molar refractivity (Wildman–Crippen MR) is 278 cm³/mol. The zero-order valence-corrected chi connectivity index (χ0v) is 37.2. The molecule has 11 rings (SSSR count). The molecule has 0 radical (unpaired) electrons. The second-order valence-electron chi connectivity index (χ2n) is 17.0. The lowest BCUT2D eigenvalue weighted by molar-refractivity contribution is 1.21. The summed E-state index contributed by atoms with van der Waals surface area (Å²) in [6, 6.07) is 84.3. The van der Waals surface area contributed by atoms with Crippen LogP contribution in [0.5, 0.6) is 0 Å². The third-order valence-electron chi connectivity index (χ3n) is 13.0. The first kappa shape index (κ1) is 39.4. The molecule has 0 atom stereocenters. The van der Waals surface area contributed by atoms with E-state index in [0.717, 1.165) is 51.3 Å². The number of hydrogen-bond acceptors (Lipinski definition) is 4. The lowest BCUT2D eigenvalue weighted by Crippen LogP contribution is -2.61. The standard InChI is InChI=1S/C58H49BN4S/c1-4-64(2,3)51-41-56-58-57(42-51)63(48-33-21-10-22-34-48)55-40-50(61(45-27-15-7-16-28-45)46-29-17-8-18-30-46)36-38-53(55)59(58)52-37-35-49(39-54(52)62(56)47-31-19-9-20-32-47)60(43-23-11-5-12-24-43)44-25-13-6-14-26-44/h5-42H,4H2,1-3H3. The lowest BCUT2D eigenvalue weighted by atomic mass is 9.33. The Labute approximate surface area is 379 Å². The number of para-hydroxylation sites is 6. The summed E-state index contributed by atoms with van der Waals surface area (Å²) in [5.41, 5.74) is 17.7. The van der Waals surface area contributed by atoms with Gasteiger partial charge in [0.2, 0.25) is 0 Å². The van der Waals surface area contributed by atoms with Crippen LogP contribution < -0.4 is 36.0 Å². The molecule has 2 aliphatic rings. The van der Waals surface area contributed by atoms with Gasteiger partial charge >= 0.3 is 0 Å². The molecule has 6 heteroatoms. The second kappa shape index (κ2) is 16.4. The Hall–Kier alpha value is -7.41. The summed E-state index contributed by atoms with van der Waals surface area (Å²) in [5.74, 6) is 1.08. The molecule has 9 aromatic carbocycles. The molecule has 0 fully saturated rings. The predicted octanol–water partition coefficient (Wildman–Crippen LogP) is 14.2. The van der Waals surface area contributed by atoms with Crippen molar-refractivity contribution < 1.29 is 0 Å². The Balaban J connectivity index is 1.22. The van der Waals surface area contributed by atoms with Crippen molar-refractivity contribution in [2.24, 2.45) is 0 Å². The SMILES string of the molecule is CCS(C)(C)c1cc2c3c(c1)N(c1ccccc1)c1cc(N(c4ccccc4)c4ccccc4)ccc1B3c1ccc(N(c3ccccc3)c3ccccc3)cc1N2c1ccccc1. The number of hydrogen-bond donors (Lipinski definition) is 0. The van der Waals surface area contributed by atoms with Gasteiger partial charge in [-0.1, -0.05) is 128 Å². The number of rotatable bonds is 10. The number of anilines is 12. The average molecular weight is 845 g/mol.